The largest absolute Gasteiger partial charge is 1.00 e. The third-order valence-electron chi connectivity index (χ3n) is 4.79. The molecule has 0 aliphatic heterocycles. The maximum atomic E-state index is 11.8. The number of carboxylic acids is 2. The van der Waals surface area contributed by atoms with E-state index < -0.39 is 18.0 Å². The first-order chi connectivity index (χ1) is 13.0. The standard InChI is InChI=1S/C21H39NO5.Na.H/c1-2-3-4-5-6-7-8-9-10-11-12-13-14-15-19(23)22-18(21(26)27)16-17-20(24)25;;/h18H,2-17H2,1H3,(H,22,23)(H,24,25)(H,26,27);;/q;+1;-1. The zero-order chi connectivity index (χ0) is 20.3. The summed E-state index contributed by atoms with van der Waals surface area (Å²) in [7, 11) is 0. The number of amides is 1. The number of nitrogens with one attached hydrogen (secondary N) is 1. The predicted octanol–water partition coefficient (Wildman–Crippen LogP) is 2.02. The molecule has 0 rings (SSSR count). The monoisotopic (exact) mass is 409 g/mol. The van der Waals surface area contributed by atoms with E-state index in [0.29, 0.717) is 6.42 Å². The molecule has 0 spiro atoms. The molecule has 0 saturated heterocycles. The minimum atomic E-state index is -1.19. The minimum absolute atomic E-state index is 0. The summed E-state index contributed by atoms with van der Waals surface area (Å²) in [4.78, 5) is 33.3. The van der Waals surface area contributed by atoms with Gasteiger partial charge in [-0.3, -0.25) is 9.59 Å². The van der Waals surface area contributed by atoms with Crippen molar-refractivity contribution in [2.45, 2.75) is 116 Å². The van der Waals surface area contributed by atoms with Crippen LogP contribution < -0.4 is 34.9 Å². The van der Waals surface area contributed by atoms with Gasteiger partial charge < -0.3 is 17.0 Å². The Kier molecular flexibility index (Phi) is 22.3. The predicted molar refractivity (Wildman–Crippen MR) is 108 cm³/mol. The van der Waals surface area contributed by atoms with E-state index in [1.165, 1.54) is 64.2 Å². The number of aliphatic carboxylic acids is 2. The Morgan fingerprint density at radius 3 is 1.57 bits per heavy atom. The topological polar surface area (TPSA) is 104 Å². The molecule has 0 saturated carbocycles. The quantitative estimate of drug-likeness (QED) is 0.224. The van der Waals surface area contributed by atoms with Gasteiger partial charge >= 0.3 is 41.5 Å². The Bertz CT molecular complexity index is 424. The third-order valence-corrected chi connectivity index (χ3v) is 4.79. The van der Waals surface area contributed by atoms with Gasteiger partial charge in [-0.25, -0.2) is 4.79 Å². The second kappa shape index (κ2) is 21.1. The van der Waals surface area contributed by atoms with E-state index in [0.717, 1.165) is 19.3 Å². The molecule has 0 aliphatic rings. The van der Waals surface area contributed by atoms with E-state index in [1.807, 2.05) is 0 Å². The van der Waals surface area contributed by atoms with Crippen LogP contribution >= 0.6 is 0 Å². The van der Waals surface area contributed by atoms with Gasteiger partial charge in [0.1, 0.15) is 6.04 Å². The van der Waals surface area contributed by atoms with Crippen LogP contribution in [0.2, 0.25) is 0 Å². The summed E-state index contributed by atoms with van der Waals surface area (Å²) >= 11 is 0. The summed E-state index contributed by atoms with van der Waals surface area (Å²) in [6, 6.07) is -1.12. The molecule has 0 bridgehead atoms. The fourth-order valence-electron chi connectivity index (χ4n) is 3.10. The minimum Gasteiger partial charge on any atom is -1.00 e. The van der Waals surface area contributed by atoms with Crippen LogP contribution in [0.5, 0.6) is 0 Å². The molecule has 160 valence electrons. The zero-order valence-electron chi connectivity index (χ0n) is 19.0. The van der Waals surface area contributed by atoms with Gasteiger partial charge in [0, 0.05) is 12.8 Å². The summed E-state index contributed by atoms with van der Waals surface area (Å²) < 4.78 is 0. The summed E-state index contributed by atoms with van der Waals surface area (Å²) in [5.41, 5.74) is 0. The van der Waals surface area contributed by atoms with Crippen LogP contribution in [-0.2, 0) is 14.4 Å². The van der Waals surface area contributed by atoms with Crippen molar-refractivity contribution in [3.8, 4) is 0 Å². The Labute approximate surface area is 194 Å². The molecule has 1 unspecified atom stereocenters. The van der Waals surface area contributed by atoms with Crippen molar-refractivity contribution >= 4 is 17.8 Å². The van der Waals surface area contributed by atoms with Gasteiger partial charge in [-0.05, 0) is 12.8 Å². The average molecular weight is 410 g/mol. The molecular formula is C21H40NNaO5. The van der Waals surface area contributed by atoms with Crippen molar-refractivity contribution in [1.82, 2.24) is 5.32 Å². The number of hydrogen-bond donors (Lipinski definition) is 3. The fourth-order valence-corrected chi connectivity index (χ4v) is 3.10. The molecule has 7 heteroatoms. The van der Waals surface area contributed by atoms with Crippen molar-refractivity contribution in [2.24, 2.45) is 0 Å². The molecule has 1 atom stereocenters. The van der Waals surface area contributed by atoms with Gasteiger partial charge in [0.25, 0.3) is 0 Å². The van der Waals surface area contributed by atoms with Gasteiger partial charge in [0.15, 0.2) is 0 Å². The number of hydrogen-bond acceptors (Lipinski definition) is 3. The Morgan fingerprint density at radius 1 is 0.750 bits per heavy atom. The number of rotatable bonds is 19. The van der Waals surface area contributed by atoms with Crippen LogP contribution in [0.15, 0.2) is 0 Å². The van der Waals surface area contributed by atoms with Crippen molar-refractivity contribution in [3.05, 3.63) is 0 Å². The van der Waals surface area contributed by atoms with Crippen LogP contribution in [0.3, 0.4) is 0 Å². The zero-order valence-corrected chi connectivity index (χ0v) is 20.0. The normalized spacial score (nSPS) is 11.5. The molecular weight excluding hydrogens is 369 g/mol. The summed E-state index contributed by atoms with van der Waals surface area (Å²) in [6.07, 6.45) is 15.9. The van der Waals surface area contributed by atoms with Crippen LogP contribution in [0.4, 0.5) is 0 Å². The van der Waals surface area contributed by atoms with Crippen molar-refractivity contribution in [1.29, 1.82) is 0 Å². The molecule has 28 heavy (non-hydrogen) atoms. The maximum absolute atomic E-state index is 11.8. The summed E-state index contributed by atoms with van der Waals surface area (Å²) in [6.45, 7) is 2.24. The molecule has 0 aromatic carbocycles. The van der Waals surface area contributed by atoms with Gasteiger partial charge in [-0.1, -0.05) is 84.0 Å². The van der Waals surface area contributed by atoms with Gasteiger partial charge in [0.05, 0.1) is 0 Å². The molecule has 0 fully saturated rings. The number of carbonyl (C=O) groups excluding carboxylic acids is 1. The number of carboxylic acid groups (broad SMARTS) is 2. The van der Waals surface area contributed by atoms with E-state index in [-0.39, 0.29) is 49.7 Å². The van der Waals surface area contributed by atoms with E-state index in [1.54, 1.807) is 0 Å². The molecule has 0 heterocycles. The second-order valence-corrected chi connectivity index (χ2v) is 7.38. The van der Waals surface area contributed by atoms with Crippen molar-refractivity contribution in [3.63, 3.8) is 0 Å². The van der Waals surface area contributed by atoms with Crippen LogP contribution in [0, 0.1) is 0 Å². The molecule has 3 N–H and O–H groups in total. The first-order valence-corrected chi connectivity index (χ1v) is 10.7. The fraction of sp³-hybridized carbons (Fsp3) is 0.857. The third kappa shape index (κ3) is 20.2. The number of unbranched alkanes of at least 4 members (excludes halogenated alkanes) is 12. The SMILES string of the molecule is CCCCCCCCCCCCCCCC(=O)NC(CCC(=O)O)C(=O)O.[H-].[Na+]. The second-order valence-electron chi connectivity index (χ2n) is 7.38. The van der Waals surface area contributed by atoms with Crippen LogP contribution in [0.1, 0.15) is 111 Å². The number of carbonyl (C=O) groups is 3. The van der Waals surface area contributed by atoms with E-state index in [2.05, 4.69) is 12.2 Å². The Balaban J connectivity index is -0.00000338. The Hall–Kier alpha value is -0.590. The van der Waals surface area contributed by atoms with Gasteiger partial charge in [-0.2, -0.15) is 0 Å². The molecule has 0 radical (unpaired) electrons. The molecule has 1 amide bonds. The van der Waals surface area contributed by atoms with Crippen LogP contribution in [0.25, 0.3) is 0 Å². The van der Waals surface area contributed by atoms with Crippen molar-refractivity contribution in [2.75, 3.05) is 0 Å². The van der Waals surface area contributed by atoms with Gasteiger partial charge in [-0.15, -0.1) is 0 Å². The smallest absolute Gasteiger partial charge is 1.00 e. The summed E-state index contributed by atoms with van der Waals surface area (Å²) in [5, 5.41) is 20.0. The van der Waals surface area contributed by atoms with Crippen molar-refractivity contribution < 1.29 is 55.6 Å². The maximum Gasteiger partial charge on any atom is 1.00 e. The van der Waals surface area contributed by atoms with E-state index in [4.69, 9.17) is 10.2 Å². The molecule has 0 aromatic rings. The summed E-state index contributed by atoms with van der Waals surface area (Å²) in [5.74, 6) is -2.56. The van der Waals surface area contributed by atoms with E-state index in [9.17, 15) is 14.4 Å². The van der Waals surface area contributed by atoms with E-state index >= 15 is 0 Å². The average Bonchev–Trinajstić information content (AvgIpc) is 2.62. The van der Waals surface area contributed by atoms with Gasteiger partial charge in [0.2, 0.25) is 5.91 Å². The first kappa shape index (κ1) is 29.6. The first-order valence-electron chi connectivity index (χ1n) is 10.7. The molecule has 0 aromatic heterocycles. The molecule has 0 aliphatic carbocycles. The van der Waals surface area contributed by atoms with Crippen LogP contribution in [-0.4, -0.2) is 34.1 Å². The Morgan fingerprint density at radius 2 is 1.18 bits per heavy atom. The molecule has 6 nitrogen and oxygen atoms in total.